The van der Waals surface area contributed by atoms with Gasteiger partial charge in [0.1, 0.15) is 24.4 Å². The van der Waals surface area contributed by atoms with E-state index in [0.717, 1.165) is 38.5 Å². The van der Waals surface area contributed by atoms with Crippen LogP contribution in [0.15, 0.2) is 24.3 Å². The van der Waals surface area contributed by atoms with Crippen molar-refractivity contribution < 1.29 is 51.8 Å². The van der Waals surface area contributed by atoms with Gasteiger partial charge in [0.15, 0.2) is 6.29 Å². The minimum atomic E-state index is -5.09. The molecule has 1 saturated heterocycles. The van der Waals surface area contributed by atoms with Crippen molar-refractivity contribution in [3.05, 3.63) is 24.3 Å². The molecule has 83 heavy (non-hydrogen) atoms. The third-order valence-electron chi connectivity index (χ3n) is 17.2. The quantitative estimate of drug-likeness (QED) is 0.0193. The molecule has 1 aliphatic rings. The lowest BCUT2D eigenvalue weighted by molar-refractivity contribution is -0.298. The molecule has 0 radical (unpaired) electrons. The van der Waals surface area contributed by atoms with Gasteiger partial charge >= 0.3 is 10.4 Å². The molecule has 1 amide bonds. The molecule has 0 aromatic rings. The van der Waals surface area contributed by atoms with Crippen molar-refractivity contribution in [1.82, 2.24) is 5.32 Å². The number of hydrogen-bond acceptors (Lipinski definition) is 10. The molecule has 0 aliphatic carbocycles. The molecule has 7 atom stereocenters. The molecule has 0 bridgehead atoms. The Morgan fingerprint density at radius 2 is 0.771 bits per heavy atom. The Morgan fingerprint density at radius 1 is 0.470 bits per heavy atom. The number of ether oxygens (including phenoxy) is 2. The second-order valence-electron chi connectivity index (χ2n) is 25.2. The molecule has 1 aliphatic heterocycles. The predicted molar refractivity (Wildman–Crippen MR) is 347 cm³/mol. The molecule has 0 saturated carbocycles. The fourth-order valence-electron chi connectivity index (χ4n) is 11.8. The maximum Gasteiger partial charge on any atom is 0.397 e. The molecule has 12 nitrogen and oxygen atoms in total. The van der Waals surface area contributed by atoms with Gasteiger partial charge in [0, 0.05) is 6.42 Å². The third kappa shape index (κ3) is 51.2. The molecule has 0 spiro atoms. The summed E-state index contributed by atoms with van der Waals surface area (Å²) >= 11 is 0. The Labute approximate surface area is 512 Å². The van der Waals surface area contributed by atoms with Gasteiger partial charge in [0.2, 0.25) is 5.91 Å². The number of amides is 1. The summed E-state index contributed by atoms with van der Waals surface area (Å²) in [6.07, 6.45) is 68.3. The van der Waals surface area contributed by atoms with E-state index in [-0.39, 0.29) is 18.9 Å². The van der Waals surface area contributed by atoms with E-state index in [2.05, 4.69) is 35.5 Å². The van der Waals surface area contributed by atoms with Crippen molar-refractivity contribution in [2.45, 2.75) is 403 Å². The van der Waals surface area contributed by atoms with Gasteiger partial charge in [-0.2, -0.15) is 8.42 Å². The molecule has 1 rings (SSSR count). The van der Waals surface area contributed by atoms with Crippen LogP contribution in [0.2, 0.25) is 0 Å². The van der Waals surface area contributed by atoms with Crippen LogP contribution < -0.4 is 5.32 Å². The van der Waals surface area contributed by atoms with Gasteiger partial charge in [-0.15, -0.1) is 0 Å². The Bertz CT molecular complexity index is 1550. The summed E-state index contributed by atoms with van der Waals surface area (Å²) in [5.74, 6) is -0.255. The van der Waals surface area contributed by atoms with E-state index < -0.39 is 59.9 Å². The second kappa shape index (κ2) is 59.5. The highest BCUT2D eigenvalue weighted by atomic mass is 32.3. The number of carbonyl (C=O) groups excluding carboxylic acids is 1. The average Bonchev–Trinajstić information content (AvgIpc) is 3.60. The zero-order chi connectivity index (χ0) is 60.4. The van der Waals surface area contributed by atoms with E-state index in [4.69, 9.17) is 9.47 Å². The largest absolute Gasteiger partial charge is 0.397 e. The highest BCUT2D eigenvalue weighted by molar-refractivity contribution is 7.80. The number of allylic oxidation sites excluding steroid dienone is 3. The van der Waals surface area contributed by atoms with Gasteiger partial charge in [0.25, 0.3) is 0 Å². The number of aliphatic hydroxyl groups excluding tert-OH is 4. The van der Waals surface area contributed by atoms with Crippen LogP contribution >= 0.6 is 0 Å². The van der Waals surface area contributed by atoms with Gasteiger partial charge in [-0.1, -0.05) is 334 Å². The summed E-state index contributed by atoms with van der Waals surface area (Å²) in [7, 11) is -5.09. The first-order valence-corrected chi connectivity index (χ1v) is 37.1. The molecule has 0 aromatic carbocycles. The molecular weight excluding hydrogens is 1060 g/mol. The summed E-state index contributed by atoms with van der Waals surface area (Å²) in [4.78, 5) is 13.2. The van der Waals surface area contributed by atoms with Crippen LogP contribution in [0, 0.1) is 0 Å². The van der Waals surface area contributed by atoms with Crippen molar-refractivity contribution in [3.63, 3.8) is 0 Å². The number of hydrogen-bond donors (Lipinski definition) is 6. The van der Waals surface area contributed by atoms with Crippen LogP contribution in [-0.2, 0) is 28.9 Å². The van der Waals surface area contributed by atoms with E-state index in [1.165, 1.54) is 295 Å². The SMILES string of the molecule is CCCCCCCCCCCCCC/C=C\CCCCCCCCCCCCCCCCCC(=O)NC(COC1OC(CO)C(O)C(OS(=O)(=O)O)C1O)C(O)/C=C/CCCCCCCCCCCCCCCCCCCCCCCCC. The van der Waals surface area contributed by atoms with Gasteiger partial charge < -0.3 is 35.2 Å². The predicted octanol–water partition coefficient (Wildman–Crippen LogP) is 18.7. The minimum absolute atomic E-state index is 0.255. The topological polar surface area (TPSA) is 192 Å². The molecular formula is C70H135NO11S. The van der Waals surface area contributed by atoms with Crippen LogP contribution in [0.3, 0.4) is 0 Å². The second-order valence-corrected chi connectivity index (χ2v) is 26.2. The third-order valence-corrected chi connectivity index (χ3v) is 17.7. The van der Waals surface area contributed by atoms with Gasteiger partial charge in [-0.3, -0.25) is 9.35 Å². The molecule has 6 N–H and O–H groups in total. The lowest BCUT2D eigenvalue weighted by Crippen LogP contribution is -2.61. The number of rotatable bonds is 64. The van der Waals surface area contributed by atoms with Gasteiger partial charge in [-0.25, -0.2) is 4.18 Å². The molecule has 492 valence electrons. The maximum absolute atomic E-state index is 13.2. The molecule has 13 heteroatoms. The standard InChI is InChI=1S/C70H135NO11S/c1-3-5-7-9-11-13-15-17-19-21-23-25-27-29-30-31-32-33-34-36-38-40-42-44-46-48-50-52-54-56-58-60-66(74)71-63(62-80-70-68(76)69(82-83(77,78)79)67(75)65(61-72)81-70)64(73)59-57-55-53-51-49-47-45-43-41-39-37-35-28-26-24-22-20-18-16-14-12-10-8-6-4-2/h29-30,57,59,63-65,67-70,72-73,75-76H,3-28,31-56,58,60-62H2,1-2H3,(H,71,74)(H,77,78,79)/b30-29-,59-57+. The van der Waals surface area contributed by atoms with Crippen molar-refractivity contribution in [3.8, 4) is 0 Å². The fourth-order valence-corrected chi connectivity index (χ4v) is 12.3. The van der Waals surface area contributed by atoms with Crippen molar-refractivity contribution in [2.75, 3.05) is 13.2 Å². The van der Waals surface area contributed by atoms with E-state index in [1.807, 2.05) is 6.08 Å². The van der Waals surface area contributed by atoms with E-state index >= 15 is 0 Å². The zero-order valence-electron chi connectivity index (χ0n) is 54.0. The Balaban J connectivity index is 2.24. The summed E-state index contributed by atoms with van der Waals surface area (Å²) in [6.45, 7) is 3.47. The normalized spacial score (nSPS) is 18.5. The zero-order valence-corrected chi connectivity index (χ0v) is 54.9. The van der Waals surface area contributed by atoms with E-state index in [0.29, 0.717) is 6.42 Å². The van der Waals surface area contributed by atoms with Gasteiger partial charge in [0.05, 0.1) is 25.4 Å². The fraction of sp³-hybridized carbons (Fsp3) is 0.929. The number of aliphatic hydroxyl groups is 4. The smallest absolute Gasteiger partial charge is 0.394 e. The number of nitrogens with one attached hydrogen (secondary N) is 1. The first kappa shape index (κ1) is 79.6. The summed E-state index contributed by atoms with van der Waals surface area (Å²) in [5, 5.41) is 45.2. The van der Waals surface area contributed by atoms with Crippen LogP contribution in [0.25, 0.3) is 0 Å². The lowest BCUT2D eigenvalue weighted by atomic mass is 9.99. The molecule has 1 heterocycles. The summed E-state index contributed by atoms with van der Waals surface area (Å²) in [5.41, 5.74) is 0. The Hall–Kier alpha value is -1.42. The summed E-state index contributed by atoms with van der Waals surface area (Å²) < 4.78 is 48.1. The molecule has 1 fully saturated rings. The van der Waals surface area contributed by atoms with Crippen molar-refractivity contribution >= 4 is 16.3 Å². The first-order valence-electron chi connectivity index (χ1n) is 35.7. The monoisotopic (exact) mass is 1200 g/mol. The highest BCUT2D eigenvalue weighted by Gasteiger charge is 2.48. The van der Waals surface area contributed by atoms with Crippen LogP contribution in [0.5, 0.6) is 0 Å². The summed E-state index contributed by atoms with van der Waals surface area (Å²) in [6, 6.07) is -0.944. The van der Waals surface area contributed by atoms with Gasteiger partial charge in [-0.05, 0) is 44.9 Å². The maximum atomic E-state index is 13.2. The molecule has 7 unspecified atom stereocenters. The average molecular weight is 1200 g/mol. The first-order chi connectivity index (χ1) is 40.5. The Morgan fingerprint density at radius 3 is 1.08 bits per heavy atom. The number of unbranched alkanes of at least 4 members (excludes halogenated alkanes) is 50. The van der Waals surface area contributed by atoms with E-state index in [9.17, 15) is 38.2 Å². The highest BCUT2D eigenvalue weighted by Crippen LogP contribution is 2.26. The van der Waals surface area contributed by atoms with Crippen molar-refractivity contribution in [1.29, 1.82) is 0 Å². The van der Waals surface area contributed by atoms with Crippen LogP contribution in [0.1, 0.15) is 361 Å². The van der Waals surface area contributed by atoms with Crippen LogP contribution in [-0.4, -0.2) is 95.4 Å². The van der Waals surface area contributed by atoms with Crippen molar-refractivity contribution in [2.24, 2.45) is 0 Å². The minimum Gasteiger partial charge on any atom is -0.394 e. The van der Waals surface area contributed by atoms with E-state index in [1.54, 1.807) is 6.08 Å². The Kier molecular flexibility index (Phi) is 57.1. The lowest BCUT2D eigenvalue weighted by Gasteiger charge is -2.41. The van der Waals surface area contributed by atoms with Crippen LogP contribution in [0.4, 0.5) is 0 Å². The number of carbonyl (C=O) groups is 1. The molecule has 0 aromatic heterocycles.